The number of halogens is 3. The molecule has 0 aliphatic rings. The molecule has 2 rings (SSSR count). The van der Waals surface area contributed by atoms with Crippen LogP contribution < -0.4 is 0 Å². The molecule has 4 heteroatoms. The van der Waals surface area contributed by atoms with E-state index in [1.165, 1.54) is 6.07 Å². The number of carbonyl (C=O) groups excluding carboxylic acids is 1. The van der Waals surface area contributed by atoms with Gasteiger partial charge >= 0.3 is 0 Å². The van der Waals surface area contributed by atoms with Crippen molar-refractivity contribution in [2.75, 3.05) is 0 Å². The first kappa shape index (κ1) is 11.7. The molecule has 0 N–H and O–H groups in total. The van der Waals surface area contributed by atoms with Crippen molar-refractivity contribution in [3.05, 3.63) is 59.7 Å². The van der Waals surface area contributed by atoms with E-state index in [9.17, 15) is 13.6 Å². The quantitative estimate of drug-likeness (QED) is 0.738. The van der Waals surface area contributed by atoms with E-state index in [1.54, 1.807) is 30.3 Å². The molecule has 0 fully saturated rings. The van der Waals surface area contributed by atoms with E-state index < -0.39 is 16.9 Å². The minimum Gasteiger partial charge on any atom is -0.276 e. The van der Waals surface area contributed by atoms with Gasteiger partial charge in [0, 0.05) is 11.1 Å². The zero-order valence-electron chi connectivity index (χ0n) is 8.58. The molecular weight excluding hydrogens is 246 g/mol. The van der Waals surface area contributed by atoms with Crippen LogP contribution >= 0.6 is 11.6 Å². The van der Waals surface area contributed by atoms with E-state index in [4.69, 9.17) is 11.6 Å². The molecule has 0 saturated heterocycles. The van der Waals surface area contributed by atoms with Crippen molar-refractivity contribution in [2.45, 2.75) is 0 Å². The summed E-state index contributed by atoms with van der Waals surface area (Å²) in [5.74, 6) is -2.08. The molecular formula is C13H7ClF2O. The van der Waals surface area contributed by atoms with E-state index in [0.717, 1.165) is 6.07 Å². The summed E-state index contributed by atoms with van der Waals surface area (Å²) in [6, 6.07) is 10.3. The first-order valence-corrected chi connectivity index (χ1v) is 5.22. The lowest BCUT2D eigenvalue weighted by atomic mass is 9.99. The monoisotopic (exact) mass is 252 g/mol. The summed E-state index contributed by atoms with van der Waals surface area (Å²) >= 11 is 5.35. The van der Waals surface area contributed by atoms with Crippen LogP contribution in [-0.4, -0.2) is 5.24 Å². The van der Waals surface area contributed by atoms with Gasteiger partial charge < -0.3 is 0 Å². The Labute approximate surface area is 102 Å². The topological polar surface area (TPSA) is 17.1 Å². The van der Waals surface area contributed by atoms with Crippen LogP contribution in [0.2, 0.25) is 0 Å². The Kier molecular flexibility index (Phi) is 3.20. The SMILES string of the molecule is O=C(Cl)c1ccc(F)c(F)c1-c1ccccc1. The number of hydrogen-bond donors (Lipinski definition) is 0. The van der Waals surface area contributed by atoms with Gasteiger partial charge in [-0.15, -0.1) is 0 Å². The highest BCUT2D eigenvalue weighted by molar-refractivity contribution is 6.68. The predicted molar refractivity (Wildman–Crippen MR) is 62.0 cm³/mol. The maximum atomic E-state index is 13.7. The van der Waals surface area contributed by atoms with Gasteiger partial charge in [-0.1, -0.05) is 30.3 Å². The highest BCUT2D eigenvalue weighted by atomic mass is 35.5. The molecule has 0 aromatic heterocycles. The van der Waals surface area contributed by atoms with Crippen LogP contribution in [0.25, 0.3) is 11.1 Å². The molecule has 0 heterocycles. The van der Waals surface area contributed by atoms with E-state index in [2.05, 4.69) is 0 Å². The molecule has 0 radical (unpaired) electrons. The van der Waals surface area contributed by atoms with Crippen LogP contribution in [0.1, 0.15) is 10.4 Å². The summed E-state index contributed by atoms with van der Waals surface area (Å²) in [6.45, 7) is 0. The van der Waals surface area contributed by atoms with E-state index in [0.29, 0.717) is 5.56 Å². The summed E-state index contributed by atoms with van der Waals surface area (Å²) in [4.78, 5) is 11.2. The molecule has 2 aromatic carbocycles. The summed E-state index contributed by atoms with van der Waals surface area (Å²) in [5, 5.41) is -0.817. The lowest BCUT2D eigenvalue weighted by Gasteiger charge is -2.08. The standard InChI is InChI=1S/C13H7ClF2O/c14-13(17)9-6-7-10(15)12(16)11(9)8-4-2-1-3-5-8/h1-7H. The Morgan fingerprint density at radius 2 is 1.65 bits per heavy atom. The van der Waals surface area contributed by atoms with Gasteiger partial charge in [0.1, 0.15) is 0 Å². The molecule has 0 saturated carbocycles. The molecule has 0 amide bonds. The van der Waals surface area contributed by atoms with Crippen LogP contribution in [0.5, 0.6) is 0 Å². The first-order valence-electron chi connectivity index (χ1n) is 4.84. The Morgan fingerprint density at radius 1 is 1.00 bits per heavy atom. The first-order chi connectivity index (χ1) is 8.11. The molecule has 2 aromatic rings. The second-order valence-electron chi connectivity index (χ2n) is 3.42. The summed E-state index contributed by atoms with van der Waals surface area (Å²) in [6.07, 6.45) is 0. The van der Waals surface area contributed by atoms with Gasteiger partial charge in [0.05, 0.1) is 0 Å². The fourth-order valence-corrected chi connectivity index (χ4v) is 1.76. The van der Waals surface area contributed by atoms with Crippen molar-refractivity contribution in [3.8, 4) is 11.1 Å². The molecule has 17 heavy (non-hydrogen) atoms. The fraction of sp³-hybridized carbons (Fsp3) is 0. The highest BCUT2D eigenvalue weighted by Gasteiger charge is 2.18. The Morgan fingerprint density at radius 3 is 2.24 bits per heavy atom. The lowest BCUT2D eigenvalue weighted by molar-refractivity contribution is 0.108. The van der Waals surface area contributed by atoms with Crippen LogP contribution in [-0.2, 0) is 0 Å². The normalized spacial score (nSPS) is 10.3. The molecule has 0 aliphatic heterocycles. The molecule has 86 valence electrons. The number of carbonyl (C=O) groups is 1. The maximum absolute atomic E-state index is 13.7. The third-order valence-electron chi connectivity index (χ3n) is 2.37. The Bertz CT molecular complexity index is 567. The number of rotatable bonds is 2. The van der Waals surface area contributed by atoms with Gasteiger partial charge in [0.25, 0.3) is 5.24 Å². The van der Waals surface area contributed by atoms with Gasteiger partial charge in [-0.2, -0.15) is 0 Å². The second-order valence-corrected chi connectivity index (χ2v) is 3.77. The maximum Gasteiger partial charge on any atom is 0.253 e. The van der Waals surface area contributed by atoms with Gasteiger partial charge in [-0.3, -0.25) is 4.79 Å². The smallest absolute Gasteiger partial charge is 0.253 e. The largest absolute Gasteiger partial charge is 0.276 e. The zero-order valence-corrected chi connectivity index (χ0v) is 9.34. The molecule has 0 aliphatic carbocycles. The number of benzene rings is 2. The molecule has 0 bridgehead atoms. The molecule has 0 unspecified atom stereocenters. The van der Waals surface area contributed by atoms with Gasteiger partial charge in [-0.05, 0) is 29.3 Å². The molecule has 1 nitrogen and oxygen atoms in total. The Hall–Kier alpha value is -1.74. The van der Waals surface area contributed by atoms with Crippen LogP contribution in [0.3, 0.4) is 0 Å². The van der Waals surface area contributed by atoms with Crippen molar-refractivity contribution in [2.24, 2.45) is 0 Å². The van der Waals surface area contributed by atoms with Crippen LogP contribution in [0, 0.1) is 11.6 Å². The minimum atomic E-state index is -1.07. The van der Waals surface area contributed by atoms with Crippen molar-refractivity contribution in [1.29, 1.82) is 0 Å². The lowest BCUT2D eigenvalue weighted by Crippen LogP contribution is -1.99. The molecule has 0 spiro atoms. The predicted octanol–water partition coefficient (Wildman–Crippen LogP) is 4.01. The fourth-order valence-electron chi connectivity index (χ4n) is 1.60. The second kappa shape index (κ2) is 4.63. The van der Waals surface area contributed by atoms with E-state index in [-0.39, 0.29) is 11.1 Å². The summed E-state index contributed by atoms with van der Waals surface area (Å²) in [7, 11) is 0. The van der Waals surface area contributed by atoms with Crippen molar-refractivity contribution in [3.63, 3.8) is 0 Å². The van der Waals surface area contributed by atoms with Crippen LogP contribution in [0.15, 0.2) is 42.5 Å². The average Bonchev–Trinajstić information content (AvgIpc) is 2.33. The van der Waals surface area contributed by atoms with Gasteiger partial charge in [-0.25, -0.2) is 8.78 Å². The molecule has 0 atom stereocenters. The van der Waals surface area contributed by atoms with Crippen molar-refractivity contribution in [1.82, 2.24) is 0 Å². The third kappa shape index (κ3) is 2.19. The number of hydrogen-bond acceptors (Lipinski definition) is 1. The summed E-state index contributed by atoms with van der Waals surface area (Å²) in [5.41, 5.74) is 0.260. The van der Waals surface area contributed by atoms with Crippen molar-refractivity contribution >= 4 is 16.8 Å². The zero-order chi connectivity index (χ0) is 12.4. The minimum absolute atomic E-state index is 0.0447. The average molecular weight is 253 g/mol. The van der Waals surface area contributed by atoms with Crippen LogP contribution in [0.4, 0.5) is 8.78 Å². The Balaban J connectivity index is 2.74. The van der Waals surface area contributed by atoms with Crippen molar-refractivity contribution < 1.29 is 13.6 Å². The summed E-state index contributed by atoms with van der Waals surface area (Å²) < 4.78 is 26.9. The third-order valence-corrected chi connectivity index (χ3v) is 2.57. The van der Waals surface area contributed by atoms with Gasteiger partial charge in [0.15, 0.2) is 11.6 Å². The van der Waals surface area contributed by atoms with E-state index in [1.807, 2.05) is 0 Å². The van der Waals surface area contributed by atoms with Gasteiger partial charge in [0.2, 0.25) is 0 Å². The van der Waals surface area contributed by atoms with E-state index >= 15 is 0 Å². The highest BCUT2D eigenvalue weighted by Crippen LogP contribution is 2.29.